The van der Waals surface area contributed by atoms with E-state index in [9.17, 15) is 0 Å². The topological polar surface area (TPSA) is 12.0 Å². The monoisotopic (exact) mass is 273 g/mol. The first-order valence-electron chi connectivity index (χ1n) is 8.25. The Kier molecular flexibility index (Phi) is 4.78. The summed E-state index contributed by atoms with van der Waals surface area (Å²) in [6.45, 7) is 11.5. The molecule has 0 bridgehead atoms. The van der Waals surface area contributed by atoms with Gasteiger partial charge in [0.25, 0.3) is 0 Å². The molecule has 0 spiro atoms. The predicted octanol–water partition coefficient (Wildman–Crippen LogP) is 5.61. The lowest BCUT2D eigenvalue weighted by atomic mass is 9.77. The Hall–Kier alpha value is -0.980. The van der Waals surface area contributed by atoms with Gasteiger partial charge in [-0.15, -0.1) is 0 Å². The standard InChI is InChI=1S/C19H31N/c1-14(2)17-8-6-7-9-18(17)20-16-12-10-15(11-13-16)19(3,4)5/h10-14,17-18,20H,6-9H2,1-5H3. The predicted molar refractivity (Wildman–Crippen MR) is 89.3 cm³/mol. The fraction of sp³-hybridized carbons (Fsp3) is 0.684. The average molecular weight is 273 g/mol. The minimum Gasteiger partial charge on any atom is -0.382 e. The molecule has 112 valence electrons. The van der Waals surface area contributed by atoms with Crippen LogP contribution in [0.2, 0.25) is 0 Å². The Morgan fingerprint density at radius 2 is 1.60 bits per heavy atom. The molecule has 2 unspecified atom stereocenters. The fourth-order valence-electron chi connectivity index (χ4n) is 3.42. The molecule has 1 nitrogen and oxygen atoms in total. The molecule has 1 aromatic carbocycles. The Balaban J connectivity index is 2.05. The molecule has 2 atom stereocenters. The van der Waals surface area contributed by atoms with Crippen molar-refractivity contribution < 1.29 is 0 Å². The first-order valence-corrected chi connectivity index (χ1v) is 8.25. The number of hydrogen-bond acceptors (Lipinski definition) is 1. The van der Waals surface area contributed by atoms with E-state index in [0.29, 0.717) is 6.04 Å². The summed E-state index contributed by atoms with van der Waals surface area (Å²) in [6, 6.07) is 9.72. The van der Waals surface area contributed by atoms with Gasteiger partial charge >= 0.3 is 0 Å². The first-order chi connectivity index (χ1) is 9.38. The molecule has 1 aliphatic rings. The molecule has 1 N–H and O–H groups in total. The summed E-state index contributed by atoms with van der Waals surface area (Å²) in [5, 5.41) is 3.79. The number of rotatable bonds is 3. The van der Waals surface area contributed by atoms with Crippen LogP contribution in [0.15, 0.2) is 24.3 Å². The SMILES string of the molecule is CC(C)C1CCCCC1Nc1ccc(C(C)(C)C)cc1. The molecule has 1 aliphatic carbocycles. The number of hydrogen-bond donors (Lipinski definition) is 1. The van der Waals surface area contributed by atoms with E-state index in [4.69, 9.17) is 0 Å². The summed E-state index contributed by atoms with van der Waals surface area (Å²) < 4.78 is 0. The molecular weight excluding hydrogens is 242 g/mol. The molecule has 0 heterocycles. The van der Waals surface area contributed by atoms with Crippen LogP contribution in [-0.2, 0) is 5.41 Å². The molecule has 1 heteroatoms. The Morgan fingerprint density at radius 3 is 2.15 bits per heavy atom. The zero-order valence-corrected chi connectivity index (χ0v) is 13.9. The zero-order valence-electron chi connectivity index (χ0n) is 13.9. The third kappa shape index (κ3) is 3.77. The van der Waals surface area contributed by atoms with E-state index in [1.807, 2.05) is 0 Å². The van der Waals surface area contributed by atoms with E-state index in [1.165, 1.54) is 36.9 Å². The summed E-state index contributed by atoms with van der Waals surface area (Å²) in [7, 11) is 0. The van der Waals surface area contributed by atoms with Gasteiger partial charge in [-0.05, 0) is 47.8 Å². The maximum absolute atomic E-state index is 3.79. The molecule has 20 heavy (non-hydrogen) atoms. The molecule has 0 radical (unpaired) electrons. The number of nitrogens with one attached hydrogen (secondary N) is 1. The van der Waals surface area contributed by atoms with E-state index in [-0.39, 0.29) is 5.41 Å². The van der Waals surface area contributed by atoms with Gasteiger partial charge in [-0.3, -0.25) is 0 Å². The Bertz CT molecular complexity index is 410. The third-order valence-electron chi connectivity index (χ3n) is 4.78. The highest BCUT2D eigenvalue weighted by atomic mass is 14.9. The van der Waals surface area contributed by atoms with E-state index < -0.39 is 0 Å². The van der Waals surface area contributed by atoms with Crippen molar-refractivity contribution in [2.45, 2.75) is 71.8 Å². The molecule has 0 aliphatic heterocycles. The molecule has 1 fully saturated rings. The maximum Gasteiger partial charge on any atom is 0.0342 e. The Labute approximate surface area is 125 Å². The van der Waals surface area contributed by atoms with Gasteiger partial charge in [0.05, 0.1) is 0 Å². The average Bonchev–Trinajstić information content (AvgIpc) is 2.38. The van der Waals surface area contributed by atoms with Crippen molar-refractivity contribution in [2.24, 2.45) is 11.8 Å². The van der Waals surface area contributed by atoms with Crippen LogP contribution < -0.4 is 5.32 Å². The lowest BCUT2D eigenvalue weighted by Gasteiger charge is -2.35. The van der Waals surface area contributed by atoms with Crippen molar-refractivity contribution >= 4 is 5.69 Å². The quantitative estimate of drug-likeness (QED) is 0.754. The molecule has 1 aromatic rings. The molecular formula is C19H31N. The minimum atomic E-state index is 0.240. The molecule has 2 rings (SSSR count). The largest absolute Gasteiger partial charge is 0.382 e. The van der Waals surface area contributed by atoms with Gasteiger partial charge in [0.1, 0.15) is 0 Å². The van der Waals surface area contributed by atoms with Crippen molar-refractivity contribution in [2.75, 3.05) is 5.32 Å². The maximum atomic E-state index is 3.79. The van der Waals surface area contributed by atoms with E-state index in [0.717, 1.165) is 11.8 Å². The number of benzene rings is 1. The Morgan fingerprint density at radius 1 is 1.00 bits per heavy atom. The zero-order chi connectivity index (χ0) is 14.8. The van der Waals surface area contributed by atoms with Crippen LogP contribution in [0.4, 0.5) is 5.69 Å². The lowest BCUT2D eigenvalue weighted by molar-refractivity contribution is 0.254. The van der Waals surface area contributed by atoms with Crippen molar-refractivity contribution in [3.8, 4) is 0 Å². The van der Waals surface area contributed by atoms with Gasteiger partial charge in [0, 0.05) is 11.7 Å². The van der Waals surface area contributed by atoms with E-state index in [1.54, 1.807) is 0 Å². The first kappa shape index (κ1) is 15.4. The normalized spacial score (nSPS) is 23.9. The van der Waals surface area contributed by atoms with Gasteiger partial charge in [0.15, 0.2) is 0 Å². The van der Waals surface area contributed by atoms with Gasteiger partial charge in [-0.2, -0.15) is 0 Å². The highest BCUT2D eigenvalue weighted by Gasteiger charge is 2.27. The van der Waals surface area contributed by atoms with Gasteiger partial charge < -0.3 is 5.32 Å². The minimum absolute atomic E-state index is 0.240. The fourth-order valence-corrected chi connectivity index (χ4v) is 3.42. The van der Waals surface area contributed by atoms with E-state index in [2.05, 4.69) is 64.2 Å². The summed E-state index contributed by atoms with van der Waals surface area (Å²) in [5.74, 6) is 1.60. The molecule has 0 saturated heterocycles. The van der Waals surface area contributed by atoms with Crippen molar-refractivity contribution in [3.05, 3.63) is 29.8 Å². The lowest BCUT2D eigenvalue weighted by Crippen LogP contribution is -2.35. The second-order valence-electron chi connectivity index (χ2n) is 7.77. The number of anilines is 1. The summed E-state index contributed by atoms with van der Waals surface area (Å²) >= 11 is 0. The molecule has 0 amide bonds. The molecule has 1 saturated carbocycles. The highest BCUT2D eigenvalue weighted by Crippen LogP contribution is 2.32. The van der Waals surface area contributed by atoms with Gasteiger partial charge in [0.2, 0.25) is 0 Å². The van der Waals surface area contributed by atoms with Gasteiger partial charge in [-0.1, -0.05) is 59.6 Å². The second-order valence-corrected chi connectivity index (χ2v) is 7.77. The highest BCUT2D eigenvalue weighted by molar-refractivity contribution is 5.46. The smallest absolute Gasteiger partial charge is 0.0342 e. The van der Waals surface area contributed by atoms with Crippen LogP contribution in [0.1, 0.15) is 65.9 Å². The second kappa shape index (κ2) is 6.20. The summed E-state index contributed by atoms with van der Waals surface area (Å²) in [6.07, 6.45) is 5.49. The van der Waals surface area contributed by atoms with Crippen LogP contribution in [0, 0.1) is 11.8 Å². The van der Waals surface area contributed by atoms with Crippen LogP contribution in [-0.4, -0.2) is 6.04 Å². The van der Waals surface area contributed by atoms with Crippen molar-refractivity contribution in [1.82, 2.24) is 0 Å². The van der Waals surface area contributed by atoms with Crippen LogP contribution in [0.5, 0.6) is 0 Å². The van der Waals surface area contributed by atoms with Crippen LogP contribution in [0.25, 0.3) is 0 Å². The summed E-state index contributed by atoms with van der Waals surface area (Å²) in [5.41, 5.74) is 2.94. The van der Waals surface area contributed by atoms with Crippen LogP contribution in [0.3, 0.4) is 0 Å². The van der Waals surface area contributed by atoms with Gasteiger partial charge in [-0.25, -0.2) is 0 Å². The molecule has 0 aromatic heterocycles. The van der Waals surface area contributed by atoms with Crippen LogP contribution >= 0.6 is 0 Å². The third-order valence-corrected chi connectivity index (χ3v) is 4.78. The van der Waals surface area contributed by atoms with Crippen molar-refractivity contribution in [3.63, 3.8) is 0 Å². The summed E-state index contributed by atoms with van der Waals surface area (Å²) in [4.78, 5) is 0. The van der Waals surface area contributed by atoms with Crippen molar-refractivity contribution in [1.29, 1.82) is 0 Å². The van der Waals surface area contributed by atoms with E-state index >= 15 is 0 Å².